The van der Waals surface area contributed by atoms with Crippen LogP contribution in [0.2, 0.25) is 5.02 Å². The standard InChI is InChI=1S/C10H11ClN4O2S/c1-15-10(18-3)8(11)9(14-15)17-7-4-6(16-2)5-12-13-7/h4-5H,1-3H3. The number of hydrogen-bond acceptors (Lipinski definition) is 6. The van der Waals surface area contributed by atoms with E-state index in [1.54, 1.807) is 24.9 Å². The van der Waals surface area contributed by atoms with E-state index in [0.717, 1.165) is 5.03 Å². The molecular formula is C10H11ClN4O2S. The number of ether oxygens (including phenoxy) is 2. The summed E-state index contributed by atoms with van der Waals surface area (Å²) in [5.41, 5.74) is 0. The third-order valence-corrected chi connectivity index (χ3v) is 3.46. The molecule has 0 saturated heterocycles. The van der Waals surface area contributed by atoms with Gasteiger partial charge in [0.15, 0.2) is 0 Å². The maximum absolute atomic E-state index is 6.14. The minimum atomic E-state index is 0.280. The minimum Gasteiger partial charge on any atom is -0.495 e. The van der Waals surface area contributed by atoms with Crippen molar-refractivity contribution in [1.29, 1.82) is 0 Å². The van der Waals surface area contributed by atoms with Gasteiger partial charge in [-0.3, -0.25) is 4.68 Å². The highest BCUT2D eigenvalue weighted by Crippen LogP contribution is 2.35. The molecule has 0 spiro atoms. The number of hydrogen-bond donors (Lipinski definition) is 0. The molecule has 18 heavy (non-hydrogen) atoms. The van der Waals surface area contributed by atoms with Crippen molar-refractivity contribution in [3.05, 3.63) is 17.3 Å². The van der Waals surface area contributed by atoms with E-state index in [1.807, 2.05) is 6.26 Å². The lowest BCUT2D eigenvalue weighted by molar-refractivity contribution is 0.394. The summed E-state index contributed by atoms with van der Waals surface area (Å²) in [5, 5.41) is 13.0. The lowest BCUT2D eigenvalue weighted by atomic mass is 10.5. The molecule has 0 fully saturated rings. The highest BCUT2D eigenvalue weighted by atomic mass is 35.5. The Labute approximate surface area is 113 Å². The van der Waals surface area contributed by atoms with Gasteiger partial charge in [-0.15, -0.1) is 22.0 Å². The second-order valence-corrected chi connectivity index (χ2v) is 4.46. The molecule has 0 aliphatic rings. The van der Waals surface area contributed by atoms with Crippen LogP contribution in [0.5, 0.6) is 17.5 Å². The van der Waals surface area contributed by atoms with E-state index in [-0.39, 0.29) is 5.88 Å². The number of aromatic nitrogens is 4. The van der Waals surface area contributed by atoms with Crippen molar-refractivity contribution >= 4 is 23.4 Å². The molecule has 2 aromatic heterocycles. The van der Waals surface area contributed by atoms with E-state index < -0.39 is 0 Å². The minimum absolute atomic E-state index is 0.280. The van der Waals surface area contributed by atoms with Gasteiger partial charge >= 0.3 is 0 Å². The molecule has 96 valence electrons. The second kappa shape index (κ2) is 5.45. The van der Waals surface area contributed by atoms with Crippen molar-refractivity contribution < 1.29 is 9.47 Å². The number of methoxy groups -OCH3 is 1. The Bertz CT molecular complexity index is 561. The van der Waals surface area contributed by atoms with Crippen molar-refractivity contribution in [2.75, 3.05) is 13.4 Å². The molecule has 2 aromatic rings. The zero-order chi connectivity index (χ0) is 13.1. The van der Waals surface area contributed by atoms with Gasteiger partial charge in [-0.25, -0.2) is 0 Å². The Balaban J connectivity index is 2.28. The zero-order valence-corrected chi connectivity index (χ0v) is 11.6. The van der Waals surface area contributed by atoms with E-state index in [0.29, 0.717) is 16.7 Å². The van der Waals surface area contributed by atoms with E-state index in [4.69, 9.17) is 21.1 Å². The summed E-state index contributed by atoms with van der Waals surface area (Å²) in [5.74, 6) is 1.13. The molecule has 0 atom stereocenters. The lowest BCUT2D eigenvalue weighted by Gasteiger charge is -2.02. The fraction of sp³-hybridized carbons (Fsp3) is 0.300. The summed E-state index contributed by atoms with van der Waals surface area (Å²) in [6.45, 7) is 0. The van der Waals surface area contributed by atoms with Gasteiger partial charge < -0.3 is 9.47 Å². The van der Waals surface area contributed by atoms with E-state index in [1.165, 1.54) is 18.0 Å². The van der Waals surface area contributed by atoms with Gasteiger partial charge in [0.2, 0.25) is 5.88 Å². The van der Waals surface area contributed by atoms with Crippen molar-refractivity contribution in [3.8, 4) is 17.5 Å². The lowest BCUT2D eigenvalue weighted by Crippen LogP contribution is -1.94. The predicted octanol–water partition coefficient (Wildman–Crippen LogP) is 2.39. The Kier molecular flexibility index (Phi) is 3.93. The largest absolute Gasteiger partial charge is 0.495 e. The molecule has 2 heterocycles. The predicted molar refractivity (Wildman–Crippen MR) is 68.7 cm³/mol. The van der Waals surface area contributed by atoms with Crippen LogP contribution >= 0.6 is 23.4 Å². The fourth-order valence-electron chi connectivity index (χ4n) is 1.34. The second-order valence-electron chi connectivity index (χ2n) is 3.29. The maximum Gasteiger partial charge on any atom is 0.260 e. The number of thioether (sulfide) groups is 1. The molecule has 0 radical (unpaired) electrons. The fourth-order valence-corrected chi connectivity index (χ4v) is 2.34. The SMILES string of the molecule is COc1cnnc(Oc2nn(C)c(SC)c2Cl)c1. The van der Waals surface area contributed by atoms with Crippen molar-refractivity contribution in [2.24, 2.45) is 7.05 Å². The van der Waals surface area contributed by atoms with Crippen LogP contribution in [0.3, 0.4) is 0 Å². The first-order valence-corrected chi connectivity index (χ1v) is 6.57. The van der Waals surface area contributed by atoms with Gasteiger partial charge in [0.25, 0.3) is 5.88 Å². The quantitative estimate of drug-likeness (QED) is 0.804. The average Bonchev–Trinajstić information content (AvgIpc) is 2.64. The molecule has 8 heteroatoms. The van der Waals surface area contributed by atoms with Gasteiger partial charge in [0, 0.05) is 13.1 Å². The van der Waals surface area contributed by atoms with Crippen LogP contribution in [0, 0.1) is 0 Å². The van der Waals surface area contributed by atoms with Crippen LogP contribution in [0.4, 0.5) is 0 Å². The molecule has 0 N–H and O–H groups in total. The zero-order valence-electron chi connectivity index (χ0n) is 10.0. The molecular weight excluding hydrogens is 276 g/mol. The van der Waals surface area contributed by atoms with Crippen LogP contribution in [0.25, 0.3) is 0 Å². The van der Waals surface area contributed by atoms with Crippen LogP contribution in [-0.4, -0.2) is 33.3 Å². The monoisotopic (exact) mass is 286 g/mol. The molecule has 0 unspecified atom stereocenters. The summed E-state index contributed by atoms with van der Waals surface area (Å²) in [4.78, 5) is 0. The summed E-state index contributed by atoms with van der Waals surface area (Å²) >= 11 is 7.63. The molecule has 0 aromatic carbocycles. The summed E-state index contributed by atoms with van der Waals surface area (Å²) in [7, 11) is 3.34. The van der Waals surface area contributed by atoms with Gasteiger partial charge in [-0.05, 0) is 6.26 Å². The molecule has 0 aliphatic carbocycles. The van der Waals surface area contributed by atoms with Gasteiger partial charge in [0.05, 0.1) is 13.3 Å². The van der Waals surface area contributed by atoms with Crippen molar-refractivity contribution in [1.82, 2.24) is 20.0 Å². The molecule has 0 amide bonds. The molecule has 0 bridgehead atoms. The van der Waals surface area contributed by atoms with Gasteiger partial charge in [0.1, 0.15) is 15.8 Å². The van der Waals surface area contributed by atoms with E-state index >= 15 is 0 Å². The average molecular weight is 287 g/mol. The Hall–Kier alpha value is -1.47. The van der Waals surface area contributed by atoms with E-state index in [9.17, 15) is 0 Å². The third kappa shape index (κ3) is 2.51. The normalized spacial score (nSPS) is 10.4. The summed E-state index contributed by atoms with van der Waals surface area (Å²) in [6.07, 6.45) is 3.40. The maximum atomic E-state index is 6.14. The third-order valence-electron chi connectivity index (χ3n) is 2.15. The molecule has 0 aliphatic heterocycles. The Morgan fingerprint density at radius 1 is 1.44 bits per heavy atom. The summed E-state index contributed by atoms with van der Waals surface area (Å²) < 4.78 is 12.2. The van der Waals surface area contributed by atoms with Crippen molar-refractivity contribution in [2.45, 2.75) is 5.03 Å². The smallest absolute Gasteiger partial charge is 0.260 e. The number of nitrogens with zero attached hydrogens (tertiary/aromatic N) is 4. The van der Waals surface area contributed by atoms with E-state index in [2.05, 4.69) is 15.3 Å². The van der Waals surface area contributed by atoms with Crippen LogP contribution in [0.15, 0.2) is 17.3 Å². The van der Waals surface area contributed by atoms with Crippen LogP contribution < -0.4 is 9.47 Å². The highest BCUT2D eigenvalue weighted by Gasteiger charge is 2.16. The number of halogens is 1. The first kappa shape index (κ1) is 13.0. The van der Waals surface area contributed by atoms with Crippen LogP contribution in [0.1, 0.15) is 0 Å². The summed E-state index contributed by atoms with van der Waals surface area (Å²) in [6, 6.07) is 1.61. The topological polar surface area (TPSA) is 62.1 Å². The van der Waals surface area contributed by atoms with Crippen LogP contribution in [-0.2, 0) is 7.05 Å². The molecule has 0 saturated carbocycles. The Morgan fingerprint density at radius 2 is 2.22 bits per heavy atom. The number of aryl methyl sites for hydroxylation is 1. The number of rotatable bonds is 4. The highest BCUT2D eigenvalue weighted by molar-refractivity contribution is 7.98. The molecule has 6 nitrogen and oxygen atoms in total. The first-order valence-electron chi connectivity index (χ1n) is 4.96. The molecule has 2 rings (SSSR count). The first-order chi connectivity index (χ1) is 8.65. The van der Waals surface area contributed by atoms with Gasteiger partial charge in [-0.1, -0.05) is 11.6 Å². The Morgan fingerprint density at radius 3 is 2.83 bits per heavy atom. The van der Waals surface area contributed by atoms with Crippen molar-refractivity contribution in [3.63, 3.8) is 0 Å². The van der Waals surface area contributed by atoms with Gasteiger partial charge in [-0.2, -0.15) is 5.10 Å².